The van der Waals surface area contributed by atoms with Crippen LogP contribution in [0.1, 0.15) is 12.5 Å². The van der Waals surface area contributed by atoms with Gasteiger partial charge in [-0.25, -0.2) is 4.39 Å². The van der Waals surface area contributed by atoms with Crippen LogP contribution in [-0.2, 0) is 6.18 Å². The van der Waals surface area contributed by atoms with Crippen molar-refractivity contribution in [1.29, 1.82) is 0 Å². The summed E-state index contributed by atoms with van der Waals surface area (Å²) in [5.41, 5.74) is -0.705. The van der Waals surface area contributed by atoms with E-state index in [0.717, 1.165) is 19.2 Å². The molecule has 1 aliphatic heterocycles. The summed E-state index contributed by atoms with van der Waals surface area (Å²) in [5, 5.41) is 0. The summed E-state index contributed by atoms with van der Waals surface area (Å²) in [6.45, 7) is 4.08. The molecular formula is C13H16F4N2. The molecule has 0 N–H and O–H groups in total. The van der Waals surface area contributed by atoms with Crippen molar-refractivity contribution in [2.45, 2.75) is 19.1 Å². The van der Waals surface area contributed by atoms with E-state index < -0.39 is 17.6 Å². The maximum atomic E-state index is 13.9. The Morgan fingerprint density at radius 1 is 1.21 bits per heavy atom. The molecule has 1 saturated heterocycles. The summed E-state index contributed by atoms with van der Waals surface area (Å²) in [6.07, 6.45) is -4.51. The van der Waals surface area contributed by atoms with Gasteiger partial charge in [-0.05, 0) is 32.2 Å². The molecule has 19 heavy (non-hydrogen) atoms. The minimum absolute atomic E-state index is 0.0741. The first kappa shape index (κ1) is 14.1. The second-order valence-electron chi connectivity index (χ2n) is 4.97. The second-order valence-corrected chi connectivity index (χ2v) is 4.97. The van der Waals surface area contributed by atoms with Crippen LogP contribution in [0.25, 0.3) is 0 Å². The summed E-state index contributed by atoms with van der Waals surface area (Å²) in [6, 6.07) is 2.80. The van der Waals surface area contributed by atoms with E-state index in [2.05, 4.69) is 4.90 Å². The molecule has 1 aromatic carbocycles. The molecule has 1 heterocycles. The SMILES string of the molecule is C[C@@H]1CN(C)CCN1c1ccc(C(F)(F)F)cc1F. The predicted octanol–water partition coefficient (Wildman–Crippen LogP) is 2.98. The molecule has 2 rings (SSSR count). The van der Waals surface area contributed by atoms with E-state index >= 15 is 0 Å². The number of likely N-dealkylation sites (N-methyl/N-ethyl adjacent to an activating group) is 1. The standard InChI is InChI=1S/C13H16F4N2/c1-9-8-18(2)5-6-19(9)12-4-3-10(7-11(12)14)13(15,16)17/h3-4,7,9H,5-6,8H2,1-2H3/t9-/m1/s1. The van der Waals surface area contributed by atoms with Gasteiger partial charge in [0.25, 0.3) is 0 Å². The number of rotatable bonds is 1. The number of benzene rings is 1. The van der Waals surface area contributed by atoms with Gasteiger partial charge in [0, 0.05) is 25.7 Å². The highest BCUT2D eigenvalue weighted by Gasteiger charge is 2.32. The van der Waals surface area contributed by atoms with Gasteiger partial charge in [-0.15, -0.1) is 0 Å². The molecule has 0 aromatic heterocycles. The Balaban J connectivity index is 2.26. The van der Waals surface area contributed by atoms with E-state index in [0.29, 0.717) is 12.6 Å². The van der Waals surface area contributed by atoms with Gasteiger partial charge in [-0.1, -0.05) is 0 Å². The van der Waals surface area contributed by atoms with Crippen molar-refractivity contribution in [2.75, 3.05) is 31.6 Å². The summed E-state index contributed by atoms with van der Waals surface area (Å²) in [5.74, 6) is -0.814. The molecule has 1 aromatic rings. The average molecular weight is 276 g/mol. The van der Waals surface area contributed by atoms with Crippen molar-refractivity contribution in [1.82, 2.24) is 4.90 Å². The lowest BCUT2D eigenvalue weighted by atomic mass is 10.1. The van der Waals surface area contributed by atoms with Crippen molar-refractivity contribution in [3.63, 3.8) is 0 Å². The minimum Gasteiger partial charge on any atom is -0.364 e. The lowest BCUT2D eigenvalue weighted by Crippen LogP contribution is -2.50. The van der Waals surface area contributed by atoms with Crippen LogP contribution in [0.4, 0.5) is 23.2 Å². The molecular weight excluding hydrogens is 260 g/mol. The van der Waals surface area contributed by atoms with Gasteiger partial charge in [0.05, 0.1) is 11.3 Å². The van der Waals surface area contributed by atoms with Crippen molar-refractivity contribution < 1.29 is 17.6 Å². The van der Waals surface area contributed by atoms with E-state index in [1.54, 1.807) is 0 Å². The average Bonchev–Trinajstić information content (AvgIpc) is 2.28. The summed E-state index contributed by atoms with van der Waals surface area (Å²) < 4.78 is 51.3. The molecule has 0 amide bonds. The van der Waals surface area contributed by atoms with E-state index in [1.807, 2.05) is 18.9 Å². The third-order valence-corrected chi connectivity index (χ3v) is 3.42. The number of halogens is 4. The smallest absolute Gasteiger partial charge is 0.364 e. The van der Waals surface area contributed by atoms with E-state index in [1.165, 1.54) is 6.07 Å². The largest absolute Gasteiger partial charge is 0.416 e. The van der Waals surface area contributed by atoms with Crippen LogP contribution in [0.5, 0.6) is 0 Å². The van der Waals surface area contributed by atoms with E-state index in [9.17, 15) is 17.6 Å². The van der Waals surface area contributed by atoms with Gasteiger partial charge in [-0.2, -0.15) is 13.2 Å². The minimum atomic E-state index is -4.51. The fourth-order valence-corrected chi connectivity index (χ4v) is 2.41. The van der Waals surface area contributed by atoms with Crippen molar-refractivity contribution >= 4 is 5.69 Å². The molecule has 6 heteroatoms. The lowest BCUT2D eigenvalue weighted by Gasteiger charge is -2.40. The number of nitrogens with zero attached hydrogens (tertiary/aromatic N) is 2. The zero-order chi connectivity index (χ0) is 14.2. The van der Waals surface area contributed by atoms with Crippen LogP contribution in [0.2, 0.25) is 0 Å². The number of hydrogen-bond donors (Lipinski definition) is 0. The van der Waals surface area contributed by atoms with Crippen LogP contribution in [0, 0.1) is 5.82 Å². The van der Waals surface area contributed by atoms with Gasteiger partial charge in [0.2, 0.25) is 0 Å². The lowest BCUT2D eigenvalue weighted by molar-refractivity contribution is -0.137. The Bertz CT molecular complexity index is 458. The van der Waals surface area contributed by atoms with Crippen LogP contribution >= 0.6 is 0 Å². The molecule has 1 aliphatic rings. The summed E-state index contributed by atoms with van der Waals surface area (Å²) in [4.78, 5) is 3.93. The molecule has 0 bridgehead atoms. The Kier molecular flexibility index (Phi) is 3.71. The van der Waals surface area contributed by atoms with Gasteiger partial charge in [0.1, 0.15) is 5.82 Å². The monoisotopic (exact) mass is 276 g/mol. The molecule has 106 valence electrons. The molecule has 1 atom stereocenters. The van der Waals surface area contributed by atoms with Gasteiger partial charge >= 0.3 is 6.18 Å². The highest BCUT2D eigenvalue weighted by molar-refractivity contribution is 5.51. The Morgan fingerprint density at radius 3 is 2.42 bits per heavy atom. The number of piperazine rings is 1. The van der Waals surface area contributed by atoms with Crippen molar-refractivity contribution in [3.05, 3.63) is 29.6 Å². The Hall–Kier alpha value is -1.30. The zero-order valence-electron chi connectivity index (χ0n) is 10.8. The van der Waals surface area contributed by atoms with E-state index in [4.69, 9.17) is 0 Å². The molecule has 0 saturated carbocycles. The Morgan fingerprint density at radius 2 is 1.89 bits per heavy atom. The topological polar surface area (TPSA) is 6.48 Å². The fourth-order valence-electron chi connectivity index (χ4n) is 2.41. The van der Waals surface area contributed by atoms with Gasteiger partial charge in [-0.3, -0.25) is 0 Å². The van der Waals surface area contributed by atoms with Crippen LogP contribution in [0.15, 0.2) is 18.2 Å². The fraction of sp³-hybridized carbons (Fsp3) is 0.538. The quantitative estimate of drug-likeness (QED) is 0.728. The van der Waals surface area contributed by atoms with Crippen LogP contribution < -0.4 is 4.90 Å². The van der Waals surface area contributed by atoms with Crippen molar-refractivity contribution in [2.24, 2.45) is 0 Å². The molecule has 1 fully saturated rings. The Labute approximate surface area is 109 Å². The van der Waals surface area contributed by atoms with Crippen LogP contribution in [-0.4, -0.2) is 37.6 Å². The maximum Gasteiger partial charge on any atom is 0.416 e. The van der Waals surface area contributed by atoms with Crippen molar-refractivity contribution in [3.8, 4) is 0 Å². The first-order valence-electron chi connectivity index (χ1n) is 6.11. The first-order valence-corrected chi connectivity index (χ1v) is 6.11. The van der Waals surface area contributed by atoms with Crippen LogP contribution in [0.3, 0.4) is 0 Å². The highest BCUT2D eigenvalue weighted by atomic mass is 19.4. The maximum absolute atomic E-state index is 13.9. The van der Waals surface area contributed by atoms with Gasteiger partial charge < -0.3 is 9.80 Å². The van der Waals surface area contributed by atoms with E-state index in [-0.39, 0.29) is 11.7 Å². The molecule has 0 spiro atoms. The summed E-state index contributed by atoms with van der Waals surface area (Å²) >= 11 is 0. The zero-order valence-corrected chi connectivity index (χ0v) is 10.8. The molecule has 2 nitrogen and oxygen atoms in total. The molecule has 0 aliphatic carbocycles. The second kappa shape index (κ2) is 5.00. The third-order valence-electron chi connectivity index (χ3n) is 3.42. The highest BCUT2D eigenvalue weighted by Crippen LogP contribution is 2.33. The first-order chi connectivity index (χ1) is 8.79. The number of hydrogen-bond acceptors (Lipinski definition) is 2. The van der Waals surface area contributed by atoms with Gasteiger partial charge in [0.15, 0.2) is 0 Å². The number of alkyl halides is 3. The normalized spacial score (nSPS) is 21.8. The third kappa shape index (κ3) is 3.00. The molecule has 0 radical (unpaired) electrons. The summed E-state index contributed by atoms with van der Waals surface area (Å²) in [7, 11) is 1.97. The number of anilines is 1. The predicted molar refractivity (Wildman–Crippen MR) is 65.7 cm³/mol. The molecule has 0 unspecified atom stereocenters.